The molecule has 2 heterocycles. The van der Waals surface area contributed by atoms with Gasteiger partial charge in [0.15, 0.2) is 11.5 Å². The number of amides is 1. The van der Waals surface area contributed by atoms with Crippen molar-refractivity contribution < 1.29 is 9.21 Å². The maximum Gasteiger partial charge on any atom is 0.268 e. The second-order valence-corrected chi connectivity index (χ2v) is 5.81. The number of rotatable bonds is 4. The molecular weight excluding hydrogens is 278 g/mol. The van der Waals surface area contributed by atoms with Gasteiger partial charge in [-0.1, -0.05) is 12.1 Å². The predicted molar refractivity (Wildman–Crippen MR) is 82.8 cm³/mol. The number of hydrogen-bond acceptors (Lipinski definition) is 3. The zero-order valence-corrected chi connectivity index (χ0v) is 12.3. The number of oxazole rings is 1. The van der Waals surface area contributed by atoms with E-state index >= 15 is 0 Å². The largest absolute Gasteiger partial charge is 0.440 e. The number of carbonyl (C=O) groups is 1. The highest BCUT2D eigenvalue weighted by Gasteiger charge is 2.25. The summed E-state index contributed by atoms with van der Waals surface area (Å²) in [5.74, 6) is 0.640. The van der Waals surface area contributed by atoms with E-state index in [4.69, 9.17) is 4.42 Å². The van der Waals surface area contributed by atoms with Crippen molar-refractivity contribution >= 4 is 17.0 Å². The number of hydrogen-bond donors (Lipinski definition) is 2. The molecule has 1 fully saturated rings. The maximum absolute atomic E-state index is 12.1. The van der Waals surface area contributed by atoms with Crippen LogP contribution in [0, 0.1) is 6.92 Å². The molecule has 1 aliphatic carbocycles. The van der Waals surface area contributed by atoms with E-state index in [-0.39, 0.29) is 5.91 Å². The molecule has 0 unspecified atom stereocenters. The Kier molecular flexibility index (Phi) is 2.99. The number of aromatic amines is 1. The molecule has 5 nitrogen and oxygen atoms in total. The highest BCUT2D eigenvalue weighted by atomic mass is 16.3. The van der Waals surface area contributed by atoms with Crippen LogP contribution in [0.4, 0.5) is 0 Å². The summed E-state index contributed by atoms with van der Waals surface area (Å²) < 4.78 is 5.75. The molecule has 0 radical (unpaired) electrons. The second-order valence-electron chi connectivity index (χ2n) is 5.81. The molecule has 112 valence electrons. The molecule has 4 rings (SSSR count). The van der Waals surface area contributed by atoms with Crippen molar-refractivity contribution in [2.24, 2.45) is 0 Å². The van der Waals surface area contributed by atoms with Crippen LogP contribution < -0.4 is 5.32 Å². The molecule has 1 amide bonds. The molecule has 2 aromatic heterocycles. The Morgan fingerprint density at radius 3 is 3.00 bits per heavy atom. The smallest absolute Gasteiger partial charge is 0.268 e. The fraction of sp³-hybridized carbons (Fsp3) is 0.294. The van der Waals surface area contributed by atoms with Gasteiger partial charge in [0.2, 0.25) is 0 Å². The lowest BCUT2D eigenvalue weighted by atomic mass is 10.1. The summed E-state index contributed by atoms with van der Waals surface area (Å²) in [6, 6.07) is 8.07. The van der Waals surface area contributed by atoms with Crippen LogP contribution >= 0.6 is 0 Å². The third kappa shape index (κ3) is 2.39. The van der Waals surface area contributed by atoms with E-state index < -0.39 is 0 Å². The van der Waals surface area contributed by atoms with Crippen molar-refractivity contribution in [1.82, 2.24) is 15.3 Å². The Balaban J connectivity index is 1.57. The zero-order chi connectivity index (χ0) is 15.1. The third-order valence-electron chi connectivity index (χ3n) is 4.07. The van der Waals surface area contributed by atoms with Gasteiger partial charge in [0.1, 0.15) is 11.2 Å². The first-order valence-corrected chi connectivity index (χ1v) is 7.53. The molecule has 0 bridgehead atoms. The van der Waals surface area contributed by atoms with Crippen LogP contribution in [0.2, 0.25) is 0 Å². The molecule has 22 heavy (non-hydrogen) atoms. The van der Waals surface area contributed by atoms with E-state index in [9.17, 15) is 4.79 Å². The summed E-state index contributed by atoms with van der Waals surface area (Å²) in [7, 11) is 0. The first-order valence-electron chi connectivity index (χ1n) is 7.53. The summed E-state index contributed by atoms with van der Waals surface area (Å²) in [5.41, 5.74) is 4.28. The minimum atomic E-state index is -0.0242. The first-order chi connectivity index (χ1) is 10.7. The van der Waals surface area contributed by atoms with E-state index in [0.29, 0.717) is 24.0 Å². The number of para-hydroxylation sites is 2. The SMILES string of the molecule is Cc1c(Cc2nc3ccccc3o2)c[nH]c1C(=O)NC1CC1. The summed E-state index contributed by atoms with van der Waals surface area (Å²) in [6.45, 7) is 1.95. The van der Waals surface area contributed by atoms with E-state index in [0.717, 1.165) is 35.1 Å². The molecule has 0 saturated heterocycles. The van der Waals surface area contributed by atoms with Gasteiger partial charge in [-0.05, 0) is 43.0 Å². The summed E-state index contributed by atoms with van der Waals surface area (Å²) in [4.78, 5) is 19.7. The highest BCUT2D eigenvalue weighted by Crippen LogP contribution is 2.22. The van der Waals surface area contributed by atoms with Gasteiger partial charge in [-0.15, -0.1) is 0 Å². The minimum absolute atomic E-state index is 0.0242. The first kappa shape index (κ1) is 13.1. The van der Waals surface area contributed by atoms with Gasteiger partial charge in [-0.25, -0.2) is 4.98 Å². The van der Waals surface area contributed by atoms with E-state index in [1.165, 1.54) is 0 Å². The molecule has 5 heteroatoms. The van der Waals surface area contributed by atoms with E-state index in [1.807, 2.05) is 37.4 Å². The summed E-state index contributed by atoms with van der Waals surface area (Å²) in [5, 5.41) is 3.00. The van der Waals surface area contributed by atoms with E-state index in [2.05, 4.69) is 15.3 Å². The van der Waals surface area contributed by atoms with Crippen LogP contribution in [0.15, 0.2) is 34.9 Å². The predicted octanol–water partition coefficient (Wildman–Crippen LogP) is 2.95. The van der Waals surface area contributed by atoms with Gasteiger partial charge < -0.3 is 14.7 Å². The second kappa shape index (κ2) is 5.02. The van der Waals surface area contributed by atoms with Crippen molar-refractivity contribution in [2.75, 3.05) is 0 Å². The van der Waals surface area contributed by atoms with Gasteiger partial charge in [0.25, 0.3) is 5.91 Å². The quantitative estimate of drug-likeness (QED) is 0.777. The number of aromatic nitrogens is 2. The normalized spacial score (nSPS) is 14.4. The van der Waals surface area contributed by atoms with Crippen molar-refractivity contribution in [1.29, 1.82) is 0 Å². The molecule has 3 aromatic rings. The molecular formula is C17H17N3O2. The third-order valence-corrected chi connectivity index (χ3v) is 4.07. The Bertz CT molecular complexity index is 810. The maximum atomic E-state index is 12.1. The highest BCUT2D eigenvalue weighted by molar-refractivity contribution is 5.94. The van der Waals surface area contributed by atoms with Crippen molar-refractivity contribution in [3.8, 4) is 0 Å². The van der Waals surface area contributed by atoms with Crippen LogP contribution in [0.1, 0.15) is 40.3 Å². The lowest BCUT2D eigenvalue weighted by molar-refractivity contribution is 0.0946. The Hall–Kier alpha value is -2.56. The molecule has 0 spiro atoms. The van der Waals surface area contributed by atoms with Crippen LogP contribution in [0.3, 0.4) is 0 Å². The molecule has 0 atom stereocenters. The molecule has 2 N–H and O–H groups in total. The number of nitrogens with zero attached hydrogens (tertiary/aromatic N) is 1. The summed E-state index contributed by atoms with van der Waals surface area (Å²) >= 11 is 0. The zero-order valence-electron chi connectivity index (χ0n) is 12.3. The number of H-pyrrole nitrogens is 1. The molecule has 1 aromatic carbocycles. The average Bonchev–Trinajstić information content (AvgIpc) is 3.10. The fourth-order valence-electron chi connectivity index (χ4n) is 2.60. The molecule has 1 saturated carbocycles. The number of carbonyl (C=O) groups excluding carboxylic acids is 1. The fourth-order valence-corrected chi connectivity index (χ4v) is 2.60. The lowest BCUT2D eigenvalue weighted by Gasteiger charge is -2.02. The number of fused-ring (bicyclic) bond motifs is 1. The Morgan fingerprint density at radius 2 is 2.23 bits per heavy atom. The van der Waals surface area contributed by atoms with Crippen LogP contribution in [0.25, 0.3) is 11.1 Å². The van der Waals surface area contributed by atoms with Crippen molar-refractivity contribution in [2.45, 2.75) is 32.2 Å². The molecule has 0 aliphatic heterocycles. The van der Waals surface area contributed by atoms with Gasteiger partial charge in [-0.2, -0.15) is 0 Å². The van der Waals surface area contributed by atoms with Crippen LogP contribution in [0.5, 0.6) is 0 Å². The monoisotopic (exact) mass is 295 g/mol. The van der Waals surface area contributed by atoms with Crippen LogP contribution in [-0.4, -0.2) is 21.9 Å². The number of nitrogens with one attached hydrogen (secondary N) is 2. The van der Waals surface area contributed by atoms with Crippen LogP contribution in [-0.2, 0) is 6.42 Å². The number of benzene rings is 1. The molecule has 1 aliphatic rings. The van der Waals surface area contributed by atoms with E-state index in [1.54, 1.807) is 0 Å². The standard InChI is InChI=1S/C17H17N3O2/c1-10-11(9-18-16(10)17(21)19-12-6-7-12)8-15-20-13-4-2-3-5-14(13)22-15/h2-5,9,12,18H,6-8H2,1H3,(H,19,21). The average molecular weight is 295 g/mol. The van der Waals surface area contributed by atoms with Gasteiger partial charge in [0.05, 0.1) is 6.42 Å². The van der Waals surface area contributed by atoms with Crippen molar-refractivity contribution in [3.05, 3.63) is 53.2 Å². The Labute approximate surface area is 127 Å². The van der Waals surface area contributed by atoms with Gasteiger partial charge in [-0.3, -0.25) is 4.79 Å². The van der Waals surface area contributed by atoms with Gasteiger partial charge >= 0.3 is 0 Å². The minimum Gasteiger partial charge on any atom is -0.440 e. The van der Waals surface area contributed by atoms with Gasteiger partial charge in [0, 0.05) is 12.2 Å². The Morgan fingerprint density at radius 1 is 1.41 bits per heavy atom. The lowest BCUT2D eigenvalue weighted by Crippen LogP contribution is -2.26. The van der Waals surface area contributed by atoms with Crippen molar-refractivity contribution in [3.63, 3.8) is 0 Å². The summed E-state index contributed by atoms with van der Waals surface area (Å²) in [6.07, 6.45) is 4.61. The topological polar surface area (TPSA) is 70.9 Å².